The summed E-state index contributed by atoms with van der Waals surface area (Å²) in [5.74, 6) is -0.578. The zero-order chi connectivity index (χ0) is 11.4. The summed E-state index contributed by atoms with van der Waals surface area (Å²) in [6.45, 7) is 0. The molecule has 0 saturated heterocycles. The van der Waals surface area contributed by atoms with Crippen molar-refractivity contribution in [2.45, 2.75) is 12.5 Å². The number of methoxy groups -OCH3 is 1. The first-order valence-corrected chi connectivity index (χ1v) is 5.07. The summed E-state index contributed by atoms with van der Waals surface area (Å²) in [5, 5.41) is 19.1. The lowest BCUT2D eigenvalue weighted by Crippen LogP contribution is -2.08. The fourth-order valence-corrected chi connectivity index (χ4v) is 1.50. The van der Waals surface area contributed by atoms with Gasteiger partial charge in [-0.25, -0.2) is 0 Å². The number of esters is 1. The van der Waals surface area contributed by atoms with Gasteiger partial charge in [-0.15, -0.1) is 0 Å². The van der Waals surface area contributed by atoms with Crippen molar-refractivity contribution in [1.82, 2.24) is 0 Å². The molecule has 4 nitrogen and oxygen atoms in total. The molecule has 0 aromatic heterocycles. The van der Waals surface area contributed by atoms with E-state index in [9.17, 15) is 15.0 Å². The van der Waals surface area contributed by atoms with Gasteiger partial charge < -0.3 is 14.9 Å². The van der Waals surface area contributed by atoms with Gasteiger partial charge in [0.2, 0.25) is 0 Å². The van der Waals surface area contributed by atoms with Gasteiger partial charge in [0.1, 0.15) is 5.75 Å². The fraction of sp³-hybridized carbons (Fsp3) is 0.300. The number of aliphatic hydroxyl groups excluding tert-OH is 1. The zero-order valence-corrected chi connectivity index (χ0v) is 9.69. The van der Waals surface area contributed by atoms with E-state index in [0.29, 0.717) is 10.0 Å². The first kappa shape index (κ1) is 12.0. The third kappa shape index (κ3) is 3.21. The van der Waals surface area contributed by atoms with E-state index in [4.69, 9.17) is 0 Å². The lowest BCUT2D eigenvalue weighted by Gasteiger charge is -2.11. The lowest BCUT2D eigenvalue weighted by molar-refractivity contribution is -0.142. The molecular formula is C10H11BrO4. The second-order valence-electron chi connectivity index (χ2n) is 3.00. The van der Waals surface area contributed by atoms with Gasteiger partial charge in [0, 0.05) is 10.0 Å². The molecule has 1 atom stereocenters. The average molecular weight is 275 g/mol. The molecule has 0 amide bonds. The Balaban J connectivity index is 2.82. The molecule has 0 fully saturated rings. The fourth-order valence-electron chi connectivity index (χ4n) is 1.15. The molecule has 82 valence electrons. The van der Waals surface area contributed by atoms with Crippen LogP contribution in [0.25, 0.3) is 0 Å². The van der Waals surface area contributed by atoms with Crippen LogP contribution in [0.3, 0.4) is 0 Å². The second kappa shape index (κ2) is 5.14. The van der Waals surface area contributed by atoms with Crippen molar-refractivity contribution in [2.75, 3.05) is 7.11 Å². The topological polar surface area (TPSA) is 66.8 Å². The van der Waals surface area contributed by atoms with Gasteiger partial charge in [0.05, 0.1) is 19.6 Å². The monoisotopic (exact) mass is 274 g/mol. The highest BCUT2D eigenvalue weighted by molar-refractivity contribution is 9.10. The van der Waals surface area contributed by atoms with Crippen LogP contribution in [0.4, 0.5) is 0 Å². The minimum atomic E-state index is -1.05. The molecule has 2 N–H and O–H groups in total. The molecule has 1 aromatic rings. The Labute approximate surface area is 95.6 Å². The molecule has 1 aromatic carbocycles. The number of aromatic hydroxyl groups is 1. The van der Waals surface area contributed by atoms with E-state index < -0.39 is 12.1 Å². The normalized spacial score (nSPS) is 12.2. The molecule has 0 bridgehead atoms. The summed E-state index contributed by atoms with van der Waals surface area (Å²) in [6.07, 6.45) is -1.23. The predicted octanol–water partition coefficient (Wildman–Crippen LogP) is 1.75. The van der Waals surface area contributed by atoms with E-state index in [1.54, 1.807) is 12.1 Å². The number of benzene rings is 1. The molecule has 15 heavy (non-hydrogen) atoms. The molecule has 0 aliphatic rings. The van der Waals surface area contributed by atoms with Gasteiger partial charge in [-0.3, -0.25) is 4.79 Å². The Kier molecular flexibility index (Phi) is 4.11. The predicted molar refractivity (Wildman–Crippen MR) is 57.4 cm³/mol. The SMILES string of the molecule is COC(=O)C[C@H](O)c1ccc(Br)cc1O. The van der Waals surface area contributed by atoms with Gasteiger partial charge in [0.25, 0.3) is 0 Å². The summed E-state index contributed by atoms with van der Waals surface area (Å²) in [7, 11) is 1.25. The van der Waals surface area contributed by atoms with Crippen LogP contribution in [0.5, 0.6) is 5.75 Å². The van der Waals surface area contributed by atoms with Crippen LogP contribution in [0.2, 0.25) is 0 Å². The first-order valence-electron chi connectivity index (χ1n) is 4.28. The zero-order valence-electron chi connectivity index (χ0n) is 8.11. The quantitative estimate of drug-likeness (QED) is 0.825. The summed E-state index contributed by atoms with van der Waals surface area (Å²) in [5.41, 5.74) is 0.309. The van der Waals surface area contributed by atoms with Crippen molar-refractivity contribution < 1.29 is 19.7 Å². The van der Waals surface area contributed by atoms with E-state index in [0.717, 1.165) is 0 Å². The molecule has 0 saturated carbocycles. The van der Waals surface area contributed by atoms with Crippen LogP contribution in [0, 0.1) is 0 Å². The number of carbonyl (C=O) groups is 1. The molecule has 1 rings (SSSR count). The van der Waals surface area contributed by atoms with Crippen molar-refractivity contribution in [3.63, 3.8) is 0 Å². The lowest BCUT2D eigenvalue weighted by atomic mass is 10.1. The van der Waals surface area contributed by atoms with Gasteiger partial charge in [0.15, 0.2) is 0 Å². The minimum Gasteiger partial charge on any atom is -0.508 e. The number of halogens is 1. The summed E-state index contributed by atoms with van der Waals surface area (Å²) in [4.78, 5) is 10.9. The number of aliphatic hydroxyl groups is 1. The van der Waals surface area contributed by atoms with Crippen LogP contribution >= 0.6 is 15.9 Å². The van der Waals surface area contributed by atoms with Crippen LogP contribution in [0.1, 0.15) is 18.1 Å². The van der Waals surface area contributed by atoms with E-state index in [1.807, 2.05) is 0 Å². The van der Waals surface area contributed by atoms with Gasteiger partial charge in [-0.05, 0) is 12.1 Å². The maximum Gasteiger partial charge on any atom is 0.308 e. The largest absolute Gasteiger partial charge is 0.508 e. The number of carbonyl (C=O) groups excluding carboxylic acids is 1. The Morgan fingerprint density at radius 3 is 2.80 bits per heavy atom. The maximum absolute atomic E-state index is 10.9. The Hall–Kier alpha value is -1.07. The Morgan fingerprint density at radius 1 is 1.60 bits per heavy atom. The first-order chi connectivity index (χ1) is 7.04. The third-order valence-electron chi connectivity index (χ3n) is 1.94. The van der Waals surface area contributed by atoms with Crippen LogP contribution < -0.4 is 0 Å². The summed E-state index contributed by atoms with van der Waals surface area (Å²) < 4.78 is 5.12. The highest BCUT2D eigenvalue weighted by Gasteiger charge is 2.16. The molecule has 0 aliphatic carbocycles. The van der Waals surface area contributed by atoms with Gasteiger partial charge in [-0.1, -0.05) is 22.0 Å². The van der Waals surface area contributed by atoms with E-state index in [1.165, 1.54) is 13.2 Å². The average Bonchev–Trinajstić information content (AvgIpc) is 2.17. The Morgan fingerprint density at radius 2 is 2.27 bits per heavy atom. The molecule has 0 heterocycles. The van der Waals surface area contributed by atoms with E-state index in [-0.39, 0.29) is 12.2 Å². The third-order valence-corrected chi connectivity index (χ3v) is 2.43. The standard InChI is InChI=1S/C10H11BrO4/c1-15-10(14)5-9(13)7-3-2-6(11)4-8(7)12/h2-4,9,12-13H,5H2,1H3/t9-/m0/s1. The second-order valence-corrected chi connectivity index (χ2v) is 3.91. The number of phenols is 1. The molecule has 0 unspecified atom stereocenters. The molecule has 0 spiro atoms. The van der Waals surface area contributed by atoms with Crippen molar-refractivity contribution in [2.24, 2.45) is 0 Å². The molecule has 0 radical (unpaired) electrons. The van der Waals surface area contributed by atoms with Gasteiger partial charge >= 0.3 is 5.97 Å². The van der Waals surface area contributed by atoms with Crippen LogP contribution in [0.15, 0.2) is 22.7 Å². The Bertz CT molecular complexity index is 364. The highest BCUT2D eigenvalue weighted by atomic mass is 79.9. The number of hydrogen-bond donors (Lipinski definition) is 2. The highest BCUT2D eigenvalue weighted by Crippen LogP contribution is 2.29. The molecular weight excluding hydrogens is 264 g/mol. The number of rotatable bonds is 3. The molecule has 5 heteroatoms. The molecule has 0 aliphatic heterocycles. The van der Waals surface area contributed by atoms with E-state index in [2.05, 4.69) is 20.7 Å². The van der Waals surface area contributed by atoms with Crippen molar-refractivity contribution in [1.29, 1.82) is 0 Å². The van der Waals surface area contributed by atoms with Crippen LogP contribution in [-0.2, 0) is 9.53 Å². The number of phenolic OH excluding ortho intramolecular Hbond substituents is 1. The van der Waals surface area contributed by atoms with E-state index >= 15 is 0 Å². The number of ether oxygens (including phenoxy) is 1. The number of hydrogen-bond acceptors (Lipinski definition) is 4. The summed E-state index contributed by atoms with van der Waals surface area (Å²) in [6, 6.07) is 4.68. The van der Waals surface area contributed by atoms with Crippen LogP contribution in [-0.4, -0.2) is 23.3 Å². The maximum atomic E-state index is 10.9. The smallest absolute Gasteiger partial charge is 0.308 e. The van der Waals surface area contributed by atoms with Crippen molar-refractivity contribution in [3.8, 4) is 5.75 Å². The summed E-state index contributed by atoms with van der Waals surface area (Å²) >= 11 is 3.18. The minimum absolute atomic E-state index is 0.0548. The van der Waals surface area contributed by atoms with Crippen molar-refractivity contribution in [3.05, 3.63) is 28.2 Å². The van der Waals surface area contributed by atoms with Crippen molar-refractivity contribution >= 4 is 21.9 Å². The van der Waals surface area contributed by atoms with Gasteiger partial charge in [-0.2, -0.15) is 0 Å².